The highest BCUT2D eigenvalue weighted by Crippen LogP contribution is 2.33. The number of phenols is 1. The lowest BCUT2D eigenvalue weighted by molar-refractivity contribution is 0.0596. The summed E-state index contributed by atoms with van der Waals surface area (Å²) in [6.07, 6.45) is 0. The van der Waals surface area contributed by atoms with Gasteiger partial charge < -0.3 is 14.6 Å². The smallest absolute Gasteiger partial charge is 0.341 e. The highest BCUT2D eigenvalue weighted by atomic mass is 16.5. The maximum atomic E-state index is 11.4. The Bertz CT molecular complexity index is 396. The molecular weight excluding hydrogens is 196 g/mol. The summed E-state index contributed by atoms with van der Waals surface area (Å²) in [6, 6.07) is 1.70. The molecule has 0 fully saturated rings. The summed E-state index contributed by atoms with van der Waals surface area (Å²) in [6.45, 7) is 3.40. The quantitative estimate of drug-likeness (QED) is 0.756. The van der Waals surface area contributed by atoms with Gasteiger partial charge in [-0.2, -0.15) is 0 Å². The van der Waals surface area contributed by atoms with E-state index in [2.05, 4.69) is 4.74 Å². The molecule has 1 rings (SSSR count). The molecule has 1 aromatic carbocycles. The number of hydrogen-bond acceptors (Lipinski definition) is 4. The number of methoxy groups -OCH3 is 2. The number of rotatable bonds is 2. The van der Waals surface area contributed by atoms with Crippen molar-refractivity contribution in [3.63, 3.8) is 0 Å². The lowest BCUT2D eigenvalue weighted by atomic mass is 10.0. The van der Waals surface area contributed by atoms with Gasteiger partial charge in [0.1, 0.15) is 17.1 Å². The highest BCUT2D eigenvalue weighted by Gasteiger charge is 2.19. The molecular formula is C11H14O4. The first-order chi connectivity index (χ1) is 7.02. The number of esters is 1. The van der Waals surface area contributed by atoms with Crippen molar-refractivity contribution in [2.24, 2.45) is 0 Å². The molecule has 1 N–H and O–H groups in total. The van der Waals surface area contributed by atoms with Crippen molar-refractivity contribution in [3.8, 4) is 11.5 Å². The van der Waals surface area contributed by atoms with Crippen LogP contribution in [-0.2, 0) is 4.74 Å². The van der Waals surface area contributed by atoms with E-state index in [4.69, 9.17) is 4.74 Å². The minimum Gasteiger partial charge on any atom is -0.507 e. The lowest BCUT2D eigenvalue weighted by Crippen LogP contribution is -2.06. The maximum absolute atomic E-state index is 11.4. The summed E-state index contributed by atoms with van der Waals surface area (Å²) in [7, 11) is 2.79. The van der Waals surface area contributed by atoms with Crippen LogP contribution in [0.25, 0.3) is 0 Å². The molecule has 0 radical (unpaired) electrons. The molecule has 0 aliphatic carbocycles. The van der Waals surface area contributed by atoms with Gasteiger partial charge in [-0.3, -0.25) is 0 Å². The van der Waals surface area contributed by atoms with Crippen LogP contribution in [0.3, 0.4) is 0 Å². The van der Waals surface area contributed by atoms with Crippen molar-refractivity contribution in [1.82, 2.24) is 0 Å². The Hall–Kier alpha value is -1.71. The summed E-state index contributed by atoms with van der Waals surface area (Å²) in [4.78, 5) is 11.4. The van der Waals surface area contributed by atoms with Gasteiger partial charge in [0, 0.05) is 5.56 Å². The minimum atomic E-state index is -0.546. The van der Waals surface area contributed by atoms with Crippen LogP contribution < -0.4 is 4.74 Å². The Kier molecular flexibility index (Phi) is 3.19. The fraction of sp³-hybridized carbons (Fsp3) is 0.364. The standard InChI is InChI=1S/C11H14O4/c1-6-5-8(14-3)7(2)10(12)9(6)11(13)15-4/h5,12H,1-4H3. The second kappa shape index (κ2) is 4.21. The van der Waals surface area contributed by atoms with Crippen LogP contribution >= 0.6 is 0 Å². The number of aryl methyl sites for hydroxylation is 1. The molecule has 0 unspecified atom stereocenters. The van der Waals surface area contributed by atoms with Crippen LogP contribution in [0.4, 0.5) is 0 Å². The summed E-state index contributed by atoms with van der Waals surface area (Å²) in [5, 5.41) is 9.81. The Balaban J connectivity index is 3.42. The Morgan fingerprint density at radius 3 is 2.40 bits per heavy atom. The summed E-state index contributed by atoms with van der Waals surface area (Å²) < 4.78 is 9.65. The van der Waals surface area contributed by atoms with Crippen LogP contribution in [0.2, 0.25) is 0 Å². The summed E-state index contributed by atoms with van der Waals surface area (Å²) >= 11 is 0. The summed E-state index contributed by atoms with van der Waals surface area (Å²) in [5.41, 5.74) is 1.35. The van der Waals surface area contributed by atoms with Crippen LogP contribution in [0.1, 0.15) is 21.5 Å². The van der Waals surface area contributed by atoms with Crippen molar-refractivity contribution in [2.75, 3.05) is 14.2 Å². The lowest BCUT2D eigenvalue weighted by Gasteiger charge is -2.12. The van der Waals surface area contributed by atoms with Crippen molar-refractivity contribution < 1.29 is 19.4 Å². The predicted octanol–water partition coefficient (Wildman–Crippen LogP) is 1.80. The fourth-order valence-corrected chi connectivity index (χ4v) is 1.44. The van der Waals surface area contributed by atoms with Gasteiger partial charge in [-0.15, -0.1) is 0 Å². The average molecular weight is 210 g/mol. The summed E-state index contributed by atoms with van der Waals surface area (Å²) in [5.74, 6) is -0.0768. The molecule has 15 heavy (non-hydrogen) atoms. The molecule has 0 saturated heterocycles. The van der Waals surface area contributed by atoms with E-state index in [0.717, 1.165) is 0 Å². The first-order valence-corrected chi connectivity index (χ1v) is 4.48. The van der Waals surface area contributed by atoms with Gasteiger partial charge in [-0.25, -0.2) is 4.79 Å². The van der Waals surface area contributed by atoms with E-state index in [0.29, 0.717) is 16.9 Å². The van der Waals surface area contributed by atoms with Gasteiger partial charge >= 0.3 is 5.97 Å². The monoisotopic (exact) mass is 210 g/mol. The first-order valence-electron chi connectivity index (χ1n) is 4.48. The molecule has 0 aromatic heterocycles. The molecule has 82 valence electrons. The van der Waals surface area contributed by atoms with E-state index in [9.17, 15) is 9.90 Å². The molecule has 0 heterocycles. The van der Waals surface area contributed by atoms with Crippen molar-refractivity contribution in [2.45, 2.75) is 13.8 Å². The van der Waals surface area contributed by atoms with Gasteiger partial charge in [0.2, 0.25) is 0 Å². The van der Waals surface area contributed by atoms with Gasteiger partial charge in [0.25, 0.3) is 0 Å². The number of hydrogen-bond donors (Lipinski definition) is 1. The van der Waals surface area contributed by atoms with E-state index in [1.807, 2.05) is 0 Å². The fourth-order valence-electron chi connectivity index (χ4n) is 1.44. The molecule has 4 heteroatoms. The van der Waals surface area contributed by atoms with Crippen LogP contribution in [-0.4, -0.2) is 25.3 Å². The molecule has 0 saturated carbocycles. The van der Waals surface area contributed by atoms with Crippen molar-refractivity contribution >= 4 is 5.97 Å². The Morgan fingerprint density at radius 1 is 1.33 bits per heavy atom. The van der Waals surface area contributed by atoms with Gasteiger partial charge in [0.05, 0.1) is 14.2 Å². The molecule has 1 aromatic rings. The van der Waals surface area contributed by atoms with E-state index in [-0.39, 0.29) is 11.3 Å². The van der Waals surface area contributed by atoms with Crippen LogP contribution in [0.15, 0.2) is 6.07 Å². The SMILES string of the molecule is COC(=O)c1c(C)cc(OC)c(C)c1O. The number of carbonyl (C=O) groups excluding carboxylic acids is 1. The van der Waals surface area contributed by atoms with E-state index in [1.54, 1.807) is 19.9 Å². The van der Waals surface area contributed by atoms with Crippen molar-refractivity contribution in [1.29, 1.82) is 0 Å². The molecule has 0 bridgehead atoms. The second-order valence-electron chi connectivity index (χ2n) is 3.24. The van der Waals surface area contributed by atoms with E-state index < -0.39 is 5.97 Å². The minimum absolute atomic E-state index is 0.0845. The third-order valence-corrected chi connectivity index (χ3v) is 2.31. The first kappa shape index (κ1) is 11.4. The number of aromatic hydroxyl groups is 1. The molecule has 0 spiro atoms. The number of benzene rings is 1. The van der Waals surface area contributed by atoms with E-state index >= 15 is 0 Å². The zero-order valence-electron chi connectivity index (χ0n) is 9.25. The zero-order chi connectivity index (χ0) is 11.6. The van der Waals surface area contributed by atoms with E-state index in [1.165, 1.54) is 14.2 Å². The van der Waals surface area contributed by atoms with Crippen LogP contribution in [0, 0.1) is 13.8 Å². The third kappa shape index (κ3) is 1.88. The molecule has 0 aliphatic rings. The third-order valence-electron chi connectivity index (χ3n) is 2.31. The molecule has 0 atom stereocenters. The second-order valence-corrected chi connectivity index (χ2v) is 3.24. The van der Waals surface area contributed by atoms with Crippen molar-refractivity contribution in [3.05, 3.63) is 22.8 Å². The molecule has 0 amide bonds. The molecule has 4 nitrogen and oxygen atoms in total. The molecule has 0 aliphatic heterocycles. The van der Waals surface area contributed by atoms with Gasteiger partial charge in [-0.1, -0.05) is 0 Å². The van der Waals surface area contributed by atoms with Gasteiger partial charge in [0.15, 0.2) is 0 Å². The van der Waals surface area contributed by atoms with Gasteiger partial charge in [-0.05, 0) is 25.5 Å². The zero-order valence-corrected chi connectivity index (χ0v) is 9.25. The normalized spacial score (nSPS) is 9.87. The average Bonchev–Trinajstić information content (AvgIpc) is 2.23. The number of carbonyl (C=O) groups is 1. The predicted molar refractivity (Wildman–Crippen MR) is 55.5 cm³/mol. The number of ether oxygens (including phenoxy) is 2. The topological polar surface area (TPSA) is 55.8 Å². The maximum Gasteiger partial charge on any atom is 0.341 e. The largest absolute Gasteiger partial charge is 0.507 e. The van der Waals surface area contributed by atoms with Crippen LogP contribution in [0.5, 0.6) is 11.5 Å². The highest BCUT2D eigenvalue weighted by molar-refractivity contribution is 5.94. The Labute approximate surface area is 88.4 Å². The number of phenolic OH excluding ortho intramolecular Hbond substituents is 1. The Morgan fingerprint density at radius 2 is 1.93 bits per heavy atom.